The van der Waals surface area contributed by atoms with Crippen LogP contribution in [0.1, 0.15) is 19.4 Å². The number of rotatable bonds is 3. The maximum atomic E-state index is 12.2. The van der Waals surface area contributed by atoms with Crippen LogP contribution in [0.15, 0.2) is 35.3 Å². The molecule has 1 unspecified atom stereocenters. The number of nitrogens with zero attached hydrogens (tertiary/aromatic N) is 1. The minimum Gasteiger partial charge on any atom is -0.480 e. The molecule has 1 heterocycles. The Balaban J connectivity index is 2.68. The van der Waals surface area contributed by atoms with Gasteiger partial charge in [-0.3, -0.25) is 4.79 Å². The second-order valence-corrected chi connectivity index (χ2v) is 4.46. The van der Waals surface area contributed by atoms with E-state index in [0.29, 0.717) is 22.2 Å². The summed E-state index contributed by atoms with van der Waals surface area (Å²) in [5.41, 5.74) is -0.307. The average molecular weight is 266 g/mol. The van der Waals surface area contributed by atoms with Gasteiger partial charge in [0.05, 0.1) is 0 Å². The van der Waals surface area contributed by atoms with Gasteiger partial charge in [-0.05, 0) is 36.1 Å². The van der Waals surface area contributed by atoms with Crippen LogP contribution >= 0.6 is 11.6 Å². The van der Waals surface area contributed by atoms with Crippen molar-refractivity contribution in [2.24, 2.45) is 0 Å². The van der Waals surface area contributed by atoms with Gasteiger partial charge in [0.15, 0.2) is 0 Å². The van der Waals surface area contributed by atoms with Gasteiger partial charge in [0.2, 0.25) is 0 Å². The first-order chi connectivity index (χ1) is 8.54. The van der Waals surface area contributed by atoms with Gasteiger partial charge in [-0.25, -0.2) is 4.79 Å². The molecule has 0 aliphatic heterocycles. The molecule has 1 atom stereocenters. The van der Waals surface area contributed by atoms with Gasteiger partial charge in [0.1, 0.15) is 6.04 Å². The SMILES string of the molecule is CCC(C(=O)O)n1ccc2cc(Cl)ccc2c1=O. The summed E-state index contributed by atoms with van der Waals surface area (Å²) in [6.45, 7) is 1.73. The van der Waals surface area contributed by atoms with Crippen LogP contribution in [0.25, 0.3) is 10.8 Å². The molecule has 2 rings (SSSR count). The molecule has 18 heavy (non-hydrogen) atoms. The number of hydrogen-bond acceptors (Lipinski definition) is 2. The Morgan fingerprint density at radius 2 is 2.17 bits per heavy atom. The van der Waals surface area contributed by atoms with Gasteiger partial charge in [0, 0.05) is 16.6 Å². The van der Waals surface area contributed by atoms with E-state index in [9.17, 15) is 9.59 Å². The molecule has 0 fully saturated rings. The number of hydrogen-bond donors (Lipinski definition) is 1. The van der Waals surface area contributed by atoms with E-state index in [1.165, 1.54) is 10.8 Å². The molecule has 0 aliphatic carbocycles. The van der Waals surface area contributed by atoms with Crippen molar-refractivity contribution < 1.29 is 9.90 Å². The van der Waals surface area contributed by atoms with Gasteiger partial charge >= 0.3 is 5.97 Å². The van der Waals surface area contributed by atoms with Crippen LogP contribution in [0.5, 0.6) is 0 Å². The van der Waals surface area contributed by atoms with Gasteiger partial charge in [-0.15, -0.1) is 0 Å². The Hall–Kier alpha value is -1.81. The molecule has 0 spiro atoms. The minimum atomic E-state index is -1.01. The molecule has 1 aromatic heterocycles. The number of carboxylic acid groups (broad SMARTS) is 1. The lowest BCUT2D eigenvalue weighted by Crippen LogP contribution is -2.29. The van der Waals surface area contributed by atoms with Crippen LogP contribution in [0.4, 0.5) is 0 Å². The van der Waals surface area contributed by atoms with Crippen LogP contribution < -0.4 is 5.56 Å². The third-order valence-corrected chi connectivity index (χ3v) is 3.14. The lowest BCUT2D eigenvalue weighted by atomic mass is 10.1. The molecule has 5 heteroatoms. The quantitative estimate of drug-likeness (QED) is 0.928. The Morgan fingerprint density at radius 3 is 2.78 bits per heavy atom. The van der Waals surface area contributed by atoms with E-state index in [1.807, 2.05) is 0 Å². The largest absolute Gasteiger partial charge is 0.480 e. The van der Waals surface area contributed by atoms with Gasteiger partial charge in [-0.2, -0.15) is 0 Å². The molecule has 2 aromatic rings. The predicted molar refractivity (Wildman–Crippen MR) is 70.2 cm³/mol. The molecule has 0 radical (unpaired) electrons. The van der Waals surface area contributed by atoms with E-state index in [-0.39, 0.29) is 5.56 Å². The Bertz CT molecular complexity index is 663. The second kappa shape index (κ2) is 4.82. The number of fused-ring (bicyclic) bond motifs is 1. The molecule has 94 valence electrons. The van der Waals surface area contributed by atoms with Crippen LogP contribution in [-0.4, -0.2) is 15.6 Å². The normalized spacial score (nSPS) is 12.6. The number of carboxylic acids is 1. The zero-order valence-electron chi connectivity index (χ0n) is 9.76. The molecule has 0 bridgehead atoms. The fourth-order valence-electron chi connectivity index (χ4n) is 1.97. The highest BCUT2D eigenvalue weighted by Gasteiger charge is 2.18. The summed E-state index contributed by atoms with van der Waals surface area (Å²) in [7, 11) is 0. The summed E-state index contributed by atoms with van der Waals surface area (Å²) >= 11 is 5.85. The fourth-order valence-corrected chi connectivity index (χ4v) is 2.15. The first-order valence-corrected chi connectivity index (χ1v) is 5.95. The Morgan fingerprint density at radius 1 is 1.44 bits per heavy atom. The summed E-state index contributed by atoms with van der Waals surface area (Å²) in [4.78, 5) is 23.3. The van der Waals surface area contributed by atoms with Crippen molar-refractivity contribution in [3.05, 3.63) is 45.8 Å². The van der Waals surface area contributed by atoms with E-state index >= 15 is 0 Å². The first kappa shape index (κ1) is 12.6. The lowest BCUT2D eigenvalue weighted by Gasteiger charge is -2.14. The van der Waals surface area contributed by atoms with E-state index < -0.39 is 12.0 Å². The number of carbonyl (C=O) groups is 1. The maximum absolute atomic E-state index is 12.2. The summed E-state index contributed by atoms with van der Waals surface area (Å²) in [6, 6.07) is 5.79. The highest BCUT2D eigenvalue weighted by molar-refractivity contribution is 6.31. The minimum absolute atomic E-state index is 0.307. The van der Waals surface area contributed by atoms with Crippen molar-refractivity contribution in [1.82, 2.24) is 4.57 Å². The molecule has 1 aromatic carbocycles. The molecule has 1 N–H and O–H groups in total. The topological polar surface area (TPSA) is 59.3 Å². The van der Waals surface area contributed by atoms with Crippen molar-refractivity contribution in [3.8, 4) is 0 Å². The molecular weight excluding hydrogens is 254 g/mol. The Labute approximate surface area is 108 Å². The van der Waals surface area contributed by atoms with Crippen molar-refractivity contribution in [2.45, 2.75) is 19.4 Å². The fraction of sp³-hybridized carbons (Fsp3) is 0.231. The second-order valence-electron chi connectivity index (χ2n) is 4.02. The number of pyridine rings is 1. The Kier molecular flexibility index (Phi) is 3.39. The summed E-state index contributed by atoms with van der Waals surface area (Å²) in [6.07, 6.45) is 1.86. The van der Waals surface area contributed by atoms with Crippen molar-refractivity contribution in [1.29, 1.82) is 0 Å². The lowest BCUT2D eigenvalue weighted by molar-refractivity contribution is -0.141. The zero-order chi connectivity index (χ0) is 13.3. The molecule has 0 saturated carbocycles. The van der Waals surface area contributed by atoms with Crippen LogP contribution in [-0.2, 0) is 4.79 Å². The maximum Gasteiger partial charge on any atom is 0.326 e. The van der Waals surface area contributed by atoms with Crippen LogP contribution in [0.3, 0.4) is 0 Å². The van der Waals surface area contributed by atoms with E-state index in [2.05, 4.69) is 0 Å². The molecule has 0 amide bonds. The highest BCUT2D eigenvalue weighted by Crippen LogP contribution is 2.18. The molecule has 4 nitrogen and oxygen atoms in total. The third-order valence-electron chi connectivity index (χ3n) is 2.90. The van der Waals surface area contributed by atoms with Crippen LogP contribution in [0, 0.1) is 0 Å². The summed E-state index contributed by atoms with van der Waals surface area (Å²) in [5.74, 6) is -1.01. The number of aliphatic carboxylic acids is 1. The van der Waals surface area contributed by atoms with Gasteiger partial charge < -0.3 is 9.67 Å². The van der Waals surface area contributed by atoms with Gasteiger partial charge in [-0.1, -0.05) is 18.5 Å². The smallest absolute Gasteiger partial charge is 0.326 e. The molecule has 0 saturated heterocycles. The van der Waals surface area contributed by atoms with E-state index in [1.54, 1.807) is 31.2 Å². The third kappa shape index (κ3) is 2.11. The zero-order valence-corrected chi connectivity index (χ0v) is 10.5. The molecular formula is C13H12ClNO3. The van der Waals surface area contributed by atoms with Crippen molar-refractivity contribution in [2.75, 3.05) is 0 Å². The number of aromatic nitrogens is 1. The van der Waals surface area contributed by atoms with Crippen LogP contribution in [0.2, 0.25) is 5.02 Å². The van der Waals surface area contributed by atoms with Gasteiger partial charge in [0.25, 0.3) is 5.56 Å². The van der Waals surface area contributed by atoms with E-state index in [0.717, 1.165) is 0 Å². The van der Waals surface area contributed by atoms with Crippen molar-refractivity contribution in [3.63, 3.8) is 0 Å². The first-order valence-electron chi connectivity index (χ1n) is 5.57. The molecule has 0 aliphatic rings. The van der Waals surface area contributed by atoms with E-state index in [4.69, 9.17) is 16.7 Å². The summed E-state index contributed by atoms with van der Waals surface area (Å²) in [5, 5.41) is 10.8. The average Bonchev–Trinajstić information content (AvgIpc) is 2.32. The monoisotopic (exact) mass is 265 g/mol. The summed E-state index contributed by atoms with van der Waals surface area (Å²) < 4.78 is 1.25. The standard InChI is InChI=1S/C13H12ClNO3/c1-2-11(13(17)18)15-6-5-8-7-9(14)3-4-10(8)12(15)16/h3-7,11H,2H2,1H3,(H,17,18). The highest BCUT2D eigenvalue weighted by atomic mass is 35.5. The number of benzene rings is 1. The number of halogens is 1. The van der Waals surface area contributed by atoms with Crippen molar-refractivity contribution >= 4 is 28.3 Å². The predicted octanol–water partition coefficient (Wildman–Crippen LogP) is 2.69.